The maximum Gasteiger partial charge on any atom is 0.244 e. The van der Waals surface area contributed by atoms with Gasteiger partial charge in [-0.2, -0.15) is 0 Å². The van der Waals surface area contributed by atoms with Crippen molar-refractivity contribution >= 4 is 27.5 Å². The number of sulfonamides is 1. The van der Waals surface area contributed by atoms with Crippen LogP contribution in [0.25, 0.3) is 0 Å². The molecule has 0 aliphatic rings. The third-order valence-electron chi connectivity index (χ3n) is 6.62. The zero-order chi connectivity index (χ0) is 28.3. The molecule has 0 spiro atoms. The molecule has 0 fully saturated rings. The number of para-hydroxylation sites is 1. The molecular formula is C31H39N3O4S. The van der Waals surface area contributed by atoms with Gasteiger partial charge < -0.3 is 10.2 Å². The molecule has 0 saturated heterocycles. The Morgan fingerprint density at radius 2 is 1.44 bits per heavy atom. The summed E-state index contributed by atoms with van der Waals surface area (Å²) in [5.41, 5.74) is 3.06. The van der Waals surface area contributed by atoms with Crippen molar-refractivity contribution in [2.24, 2.45) is 0 Å². The first-order valence-electron chi connectivity index (χ1n) is 13.4. The molecule has 0 radical (unpaired) electrons. The molecule has 1 atom stereocenters. The number of aryl methyl sites for hydroxylation is 1. The fraction of sp³-hybridized carbons (Fsp3) is 0.355. The summed E-state index contributed by atoms with van der Waals surface area (Å²) >= 11 is 0. The monoisotopic (exact) mass is 549 g/mol. The van der Waals surface area contributed by atoms with Gasteiger partial charge in [-0.15, -0.1) is 0 Å². The van der Waals surface area contributed by atoms with Crippen molar-refractivity contribution in [2.45, 2.75) is 52.1 Å². The van der Waals surface area contributed by atoms with Gasteiger partial charge >= 0.3 is 0 Å². The van der Waals surface area contributed by atoms with Gasteiger partial charge in [-0.1, -0.05) is 99.1 Å². The van der Waals surface area contributed by atoms with Crippen LogP contribution in [-0.4, -0.2) is 50.5 Å². The Bertz CT molecular complexity index is 1310. The molecule has 3 rings (SSSR count). The van der Waals surface area contributed by atoms with Crippen molar-refractivity contribution in [3.8, 4) is 0 Å². The lowest BCUT2D eigenvalue weighted by Gasteiger charge is -2.34. The molecule has 208 valence electrons. The largest absolute Gasteiger partial charge is 0.354 e. The minimum atomic E-state index is -3.79. The highest BCUT2D eigenvalue weighted by molar-refractivity contribution is 7.92. The lowest BCUT2D eigenvalue weighted by Crippen LogP contribution is -2.53. The zero-order valence-electron chi connectivity index (χ0n) is 23.0. The smallest absolute Gasteiger partial charge is 0.244 e. The van der Waals surface area contributed by atoms with E-state index < -0.39 is 28.5 Å². The maximum absolute atomic E-state index is 14.1. The number of benzene rings is 3. The summed E-state index contributed by atoms with van der Waals surface area (Å²) in [5, 5.41) is 2.99. The molecule has 2 amide bonds. The van der Waals surface area contributed by atoms with Crippen molar-refractivity contribution in [3.63, 3.8) is 0 Å². The van der Waals surface area contributed by atoms with Crippen LogP contribution in [0.15, 0.2) is 84.9 Å². The van der Waals surface area contributed by atoms with Gasteiger partial charge in [0.2, 0.25) is 21.8 Å². The number of hydrogen-bond acceptors (Lipinski definition) is 4. The number of rotatable bonds is 14. The van der Waals surface area contributed by atoms with Gasteiger partial charge in [-0.25, -0.2) is 8.42 Å². The Labute approximate surface area is 232 Å². The van der Waals surface area contributed by atoms with E-state index in [1.165, 1.54) is 4.90 Å². The van der Waals surface area contributed by atoms with Gasteiger partial charge in [0.15, 0.2) is 0 Å². The number of nitrogens with one attached hydrogen (secondary N) is 1. The first kappa shape index (κ1) is 29.9. The van der Waals surface area contributed by atoms with Crippen molar-refractivity contribution in [3.05, 3.63) is 102 Å². The van der Waals surface area contributed by atoms with Crippen molar-refractivity contribution < 1.29 is 18.0 Å². The predicted octanol–water partition coefficient (Wildman–Crippen LogP) is 4.57. The molecule has 0 aromatic heterocycles. The average Bonchev–Trinajstić information content (AvgIpc) is 2.94. The number of anilines is 1. The summed E-state index contributed by atoms with van der Waals surface area (Å²) in [7, 11) is -3.79. The summed E-state index contributed by atoms with van der Waals surface area (Å²) in [5.74, 6) is -0.696. The first-order valence-corrected chi connectivity index (χ1v) is 15.3. The van der Waals surface area contributed by atoms with Crippen molar-refractivity contribution in [2.75, 3.05) is 23.7 Å². The predicted molar refractivity (Wildman–Crippen MR) is 157 cm³/mol. The number of carbonyl (C=O) groups is 2. The SMILES string of the molecule is CCCCNC(=O)[C@@H](Cc1ccccc1)N(Cc1ccccc1)C(=O)CN(c1ccccc1CC)S(C)(=O)=O. The van der Waals surface area contributed by atoms with Crippen LogP contribution in [0, 0.1) is 0 Å². The molecule has 7 nitrogen and oxygen atoms in total. The molecule has 0 heterocycles. The van der Waals surface area contributed by atoms with E-state index >= 15 is 0 Å². The topological polar surface area (TPSA) is 86.8 Å². The van der Waals surface area contributed by atoms with Gasteiger partial charge in [0.05, 0.1) is 11.9 Å². The van der Waals surface area contributed by atoms with Gasteiger partial charge in [0.1, 0.15) is 12.6 Å². The number of amides is 2. The Kier molecular flexibility index (Phi) is 11.1. The molecule has 0 saturated carbocycles. The number of unbranched alkanes of at least 4 members (excludes halogenated alkanes) is 1. The highest BCUT2D eigenvalue weighted by Crippen LogP contribution is 2.24. The van der Waals surface area contributed by atoms with Gasteiger partial charge in [-0.3, -0.25) is 13.9 Å². The van der Waals surface area contributed by atoms with Crippen LogP contribution in [0.4, 0.5) is 5.69 Å². The number of nitrogens with zero attached hydrogens (tertiary/aromatic N) is 2. The van der Waals surface area contributed by atoms with Crippen LogP contribution in [0.1, 0.15) is 43.4 Å². The van der Waals surface area contributed by atoms with Crippen molar-refractivity contribution in [1.82, 2.24) is 10.2 Å². The molecule has 0 unspecified atom stereocenters. The summed E-state index contributed by atoms with van der Waals surface area (Å²) in [6.07, 6.45) is 3.78. The molecule has 0 aliphatic heterocycles. The molecule has 8 heteroatoms. The highest BCUT2D eigenvalue weighted by Gasteiger charge is 2.33. The second-order valence-electron chi connectivity index (χ2n) is 9.61. The third-order valence-corrected chi connectivity index (χ3v) is 7.74. The minimum absolute atomic E-state index is 0.172. The second kappa shape index (κ2) is 14.5. The summed E-state index contributed by atoms with van der Waals surface area (Å²) in [4.78, 5) is 29.2. The number of hydrogen-bond donors (Lipinski definition) is 1. The Morgan fingerprint density at radius 3 is 2.03 bits per heavy atom. The lowest BCUT2D eigenvalue weighted by atomic mass is 10.0. The Morgan fingerprint density at radius 1 is 0.846 bits per heavy atom. The second-order valence-corrected chi connectivity index (χ2v) is 11.5. The van der Waals surface area contributed by atoms with E-state index in [-0.39, 0.29) is 12.5 Å². The van der Waals surface area contributed by atoms with Gasteiger partial charge in [0, 0.05) is 19.5 Å². The first-order chi connectivity index (χ1) is 18.7. The van der Waals surface area contributed by atoms with E-state index in [0.717, 1.165) is 40.1 Å². The van der Waals surface area contributed by atoms with Crippen LogP contribution in [0.5, 0.6) is 0 Å². The normalized spacial score (nSPS) is 12.0. The molecule has 0 aliphatic carbocycles. The molecule has 1 N–H and O–H groups in total. The quantitative estimate of drug-likeness (QED) is 0.299. The fourth-order valence-electron chi connectivity index (χ4n) is 4.49. The average molecular weight is 550 g/mol. The van der Waals surface area contributed by atoms with E-state index in [0.29, 0.717) is 25.1 Å². The summed E-state index contributed by atoms with van der Waals surface area (Å²) in [6.45, 7) is 4.26. The zero-order valence-corrected chi connectivity index (χ0v) is 23.9. The lowest BCUT2D eigenvalue weighted by molar-refractivity contribution is -0.140. The van der Waals surface area contributed by atoms with Crippen molar-refractivity contribution in [1.29, 1.82) is 0 Å². The minimum Gasteiger partial charge on any atom is -0.354 e. The Balaban J connectivity index is 2.03. The summed E-state index contributed by atoms with van der Waals surface area (Å²) in [6, 6.07) is 25.4. The molecule has 39 heavy (non-hydrogen) atoms. The van der Waals surface area contributed by atoms with E-state index in [4.69, 9.17) is 0 Å². The van der Waals surface area contributed by atoms with Crippen LogP contribution >= 0.6 is 0 Å². The van der Waals surface area contributed by atoms with Crippen LogP contribution in [-0.2, 0) is 39.0 Å². The highest BCUT2D eigenvalue weighted by atomic mass is 32.2. The van der Waals surface area contributed by atoms with E-state index in [2.05, 4.69) is 5.32 Å². The van der Waals surface area contributed by atoms with Gasteiger partial charge in [-0.05, 0) is 35.6 Å². The third kappa shape index (κ3) is 8.68. The molecule has 3 aromatic rings. The molecule has 0 bridgehead atoms. The van der Waals surface area contributed by atoms with Crippen LogP contribution < -0.4 is 9.62 Å². The van der Waals surface area contributed by atoms with Gasteiger partial charge in [0.25, 0.3) is 0 Å². The molecule has 3 aromatic carbocycles. The fourth-order valence-corrected chi connectivity index (χ4v) is 5.37. The van der Waals surface area contributed by atoms with E-state index in [9.17, 15) is 18.0 Å². The Hall–Kier alpha value is -3.65. The summed E-state index contributed by atoms with van der Waals surface area (Å²) < 4.78 is 27.1. The van der Waals surface area contributed by atoms with E-state index in [1.807, 2.05) is 86.6 Å². The van der Waals surface area contributed by atoms with Crippen LogP contribution in [0.3, 0.4) is 0 Å². The van der Waals surface area contributed by atoms with Crippen LogP contribution in [0.2, 0.25) is 0 Å². The molecular weight excluding hydrogens is 510 g/mol. The standard InChI is InChI=1S/C31H39N3O4S/c1-4-6-21-32-31(36)29(22-25-15-9-7-10-16-25)33(23-26-17-11-8-12-18-26)30(35)24-34(39(3,37)38)28-20-14-13-19-27(28)5-2/h7-20,29H,4-6,21-24H2,1-3H3,(H,32,36)/t29-/m1/s1. The van der Waals surface area contributed by atoms with E-state index in [1.54, 1.807) is 12.1 Å². The maximum atomic E-state index is 14.1. The number of carbonyl (C=O) groups excluding carboxylic acids is 2.